The van der Waals surface area contributed by atoms with Crippen molar-refractivity contribution in [1.29, 1.82) is 0 Å². The van der Waals surface area contributed by atoms with Gasteiger partial charge in [-0.15, -0.1) is 0 Å². The monoisotopic (exact) mass is 331 g/mol. The smallest absolute Gasteiger partial charge is 0.362 e. The van der Waals surface area contributed by atoms with Crippen LogP contribution in [-0.4, -0.2) is 38.8 Å². The van der Waals surface area contributed by atoms with E-state index in [9.17, 15) is 18.0 Å². The third-order valence-corrected chi connectivity index (χ3v) is 4.61. The summed E-state index contributed by atoms with van der Waals surface area (Å²) in [5.41, 5.74) is 0.269. The average Bonchev–Trinajstić information content (AvgIpc) is 2.73. The summed E-state index contributed by atoms with van der Waals surface area (Å²) >= 11 is 1.30. The number of nitrogens with zero attached hydrogens (tertiary/aromatic N) is 1. The number of hydrogen-bond acceptors (Lipinski definition) is 7. The third kappa shape index (κ3) is 3.36. The fourth-order valence-corrected chi connectivity index (χ4v) is 2.91. The number of rotatable bonds is 5. The highest BCUT2D eigenvalue weighted by atomic mass is 32.3. The highest BCUT2D eigenvalue weighted by Gasteiger charge is 2.39. The zero-order chi connectivity index (χ0) is 15.6. The van der Waals surface area contributed by atoms with E-state index < -0.39 is 15.6 Å². The van der Waals surface area contributed by atoms with Crippen LogP contribution in [0.2, 0.25) is 0 Å². The normalized spacial score (nSPS) is 19.1. The first-order valence-corrected chi connectivity index (χ1v) is 8.50. The molecule has 0 aliphatic carbocycles. The molecule has 1 fully saturated rings. The molecule has 1 atom stereocenters. The maximum absolute atomic E-state index is 12.1. The van der Waals surface area contributed by atoms with Crippen molar-refractivity contribution in [3.05, 3.63) is 24.3 Å². The lowest BCUT2D eigenvalue weighted by Crippen LogP contribution is -2.31. The molecule has 1 aromatic rings. The Kier molecular flexibility index (Phi) is 4.55. The fourth-order valence-electron chi connectivity index (χ4n) is 1.89. The van der Waals surface area contributed by atoms with Crippen LogP contribution in [-0.2, 0) is 24.2 Å². The first-order chi connectivity index (χ1) is 9.88. The number of anilines is 1. The van der Waals surface area contributed by atoms with Crippen molar-refractivity contribution >= 4 is 39.7 Å². The van der Waals surface area contributed by atoms with E-state index in [0.717, 1.165) is 12.0 Å². The molecule has 1 heterocycles. The third-order valence-electron chi connectivity index (χ3n) is 2.87. The lowest BCUT2D eigenvalue weighted by atomic mass is 10.3. The Morgan fingerprint density at radius 3 is 2.62 bits per heavy atom. The maximum Gasteiger partial charge on any atom is 0.448 e. The molecule has 0 aromatic heterocycles. The first kappa shape index (κ1) is 15.8. The highest BCUT2D eigenvalue weighted by Crippen LogP contribution is 2.30. The van der Waals surface area contributed by atoms with E-state index in [2.05, 4.69) is 8.37 Å². The minimum Gasteiger partial charge on any atom is -0.362 e. The van der Waals surface area contributed by atoms with E-state index in [1.54, 1.807) is 6.26 Å². The van der Waals surface area contributed by atoms with Crippen LogP contribution in [0.5, 0.6) is 5.75 Å². The molecule has 0 saturated carbocycles. The van der Waals surface area contributed by atoms with Crippen LogP contribution < -0.4 is 9.08 Å². The van der Waals surface area contributed by atoms with E-state index in [-0.39, 0.29) is 29.7 Å². The zero-order valence-corrected chi connectivity index (χ0v) is 12.9. The SMILES string of the molecule is COS(=O)(=O)Oc1cccc(N2C(=O)CC(SC)C2=O)c1. The second-order valence-corrected chi connectivity index (χ2v) is 6.51. The predicted octanol–water partition coefficient (Wildman–Crippen LogP) is 0.952. The molecule has 9 heteroatoms. The predicted molar refractivity (Wildman–Crippen MR) is 77.4 cm³/mol. The molecule has 2 rings (SSSR count). The summed E-state index contributed by atoms with van der Waals surface area (Å²) in [6.07, 6.45) is 1.88. The summed E-state index contributed by atoms with van der Waals surface area (Å²) in [7, 11) is -3.18. The van der Waals surface area contributed by atoms with Crippen LogP contribution in [0.4, 0.5) is 5.69 Å². The number of carbonyl (C=O) groups excluding carboxylic acids is 2. The molecule has 114 valence electrons. The van der Waals surface area contributed by atoms with E-state index in [1.165, 1.54) is 36.0 Å². The Bertz CT molecular complexity index is 672. The van der Waals surface area contributed by atoms with Gasteiger partial charge in [-0.25, -0.2) is 9.08 Å². The Morgan fingerprint density at radius 1 is 1.33 bits per heavy atom. The average molecular weight is 331 g/mol. The first-order valence-electron chi connectivity index (χ1n) is 5.87. The van der Waals surface area contributed by atoms with Gasteiger partial charge in [0.15, 0.2) is 0 Å². The van der Waals surface area contributed by atoms with Crippen molar-refractivity contribution in [2.45, 2.75) is 11.7 Å². The maximum atomic E-state index is 12.1. The Morgan fingerprint density at radius 2 is 2.05 bits per heavy atom. The summed E-state index contributed by atoms with van der Waals surface area (Å²) in [6, 6.07) is 5.71. The van der Waals surface area contributed by atoms with E-state index >= 15 is 0 Å². The second kappa shape index (κ2) is 6.04. The number of thioether (sulfide) groups is 1. The van der Waals surface area contributed by atoms with Crippen LogP contribution in [0.25, 0.3) is 0 Å². The van der Waals surface area contributed by atoms with Crippen LogP contribution in [0.15, 0.2) is 24.3 Å². The van der Waals surface area contributed by atoms with Crippen LogP contribution in [0, 0.1) is 0 Å². The van der Waals surface area contributed by atoms with Crippen molar-refractivity contribution in [2.24, 2.45) is 0 Å². The van der Waals surface area contributed by atoms with Gasteiger partial charge in [0.05, 0.1) is 18.0 Å². The molecule has 0 spiro atoms. The van der Waals surface area contributed by atoms with Crippen molar-refractivity contribution < 1.29 is 26.4 Å². The summed E-state index contributed by atoms with van der Waals surface area (Å²) in [5, 5.41) is -0.412. The van der Waals surface area contributed by atoms with E-state index in [1.807, 2.05) is 0 Å². The number of benzene rings is 1. The molecule has 1 aromatic carbocycles. The van der Waals surface area contributed by atoms with Gasteiger partial charge in [0.2, 0.25) is 11.8 Å². The minimum absolute atomic E-state index is 0.0393. The Labute approximate surface area is 126 Å². The van der Waals surface area contributed by atoms with Gasteiger partial charge < -0.3 is 4.18 Å². The quantitative estimate of drug-likeness (QED) is 0.742. The van der Waals surface area contributed by atoms with Gasteiger partial charge in [0, 0.05) is 12.5 Å². The molecule has 1 aliphatic heterocycles. The molecule has 1 aliphatic rings. The molecular weight excluding hydrogens is 318 g/mol. The topological polar surface area (TPSA) is 90.0 Å². The van der Waals surface area contributed by atoms with Crippen LogP contribution >= 0.6 is 11.8 Å². The molecular formula is C12H13NO6S2. The van der Waals surface area contributed by atoms with Gasteiger partial charge in [0.1, 0.15) is 5.75 Å². The largest absolute Gasteiger partial charge is 0.448 e. The van der Waals surface area contributed by atoms with Gasteiger partial charge in [-0.2, -0.15) is 20.2 Å². The lowest BCUT2D eigenvalue weighted by molar-refractivity contribution is -0.121. The molecule has 0 bridgehead atoms. The van der Waals surface area contributed by atoms with Crippen molar-refractivity contribution in [3.8, 4) is 5.75 Å². The Hall–Kier alpha value is -1.58. The van der Waals surface area contributed by atoms with Gasteiger partial charge in [-0.05, 0) is 18.4 Å². The molecule has 1 unspecified atom stereocenters. The van der Waals surface area contributed by atoms with Crippen LogP contribution in [0.1, 0.15) is 6.42 Å². The van der Waals surface area contributed by atoms with Gasteiger partial charge in [0.25, 0.3) is 0 Å². The molecule has 1 saturated heterocycles. The highest BCUT2D eigenvalue weighted by molar-refractivity contribution is 8.00. The number of carbonyl (C=O) groups is 2. The summed E-state index contributed by atoms with van der Waals surface area (Å²) < 4.78 is 31.3. The number of hydrogen-bond donors (Lipinski definition) is 0. The van der Waals surface area contributed by atoms with Gasteiger partial charge >= 0.3 is 10.4 Å². The number of amides is 2. The standard InChI is InChI=1S/C12H13NO6S2/c1-18-21(16,17)19-9-5-3-4-8(6-9)13-11(14)7-10(20-2)12(13)15/h3-6,10H,7H2,1-2H3. The molecule has 7 nitrogen and oxygen atoms in total. The van der Waals surface area contributed by atoms with Gasteiger partial charge in [-0.3, -0.25) is 9.59 Å². The zero-order valence-electron chi connectivity index (χ0n) is 11.3. The lowest BCUT2D eigenvalue weighted by Gasteiger charge is -2.15. The van der Waals surface area contributed by atoms with Crippen molar-refractivity contribution in [2.75, 3.05) is 18.3 Å². The molecule has 0 radical (unpaired) electrons. The summed E-state index contributed by atoms with van der Waals surface area (Å²) in [4.78, 5) is 25.1. The number of imide groups is 1. The van der Waals surface area contributed by atoms with E-state index in [4.69, 9.17) is 0 Å². The minimum atomic E-state index is -4.15. The summed E-state index contributed by atoms with van der Waals surface area (Å²) in [5.74, 6) is -0.687. The molecule has 21 heavy (non-hydrogen) atoms. The van der Waals surface area contributed by atoms with E-state index in [0.29, 0.717) is 0 Å². The van der Waals surface area contributed by atoms with Gasteiger partial charge in [-0.1, -0.05) is 6.07 Å². The fraction of sp³-hybridized carbons (Fsp3) is 0.333. The van der Waals surface area contributed by atoms with Crippen molar-refractivity contribution in [1.82, 2.24) is 0 Å². The summed E-state index contributed by atoms with van der Waals surface area (Å²) in [6.45, 7) is 0. The van der Waals surface area contributed by atoms with Crippen LogP contribution in [0.3, 0.4) is 0 Å². The molecule has 0 N–H and O–H groups in total. The second-order valence-electron chi connectivity index (χ2n) is 4.15. The Balaban J connectivity index is 2.30. The molecule has 2 amide bonds. The van der Waals surface area contributed by atoms with Crippen molar-refractivity contribution in [3.63, 3.8) is 0 Å².